The quantitative estimate of drug-likeness (QED) is 0.241. The number of aryl methyl sites for hydroxylation is 1. The first-order valence-electron chi connectivity index (χ1n) is 9.16. The fourth-order valence-electron chi connectivity index (χ4n) is 3.34. The molecule has 0 bridgehead atoms. The summed E-state index contributed by atoms with van der Waals surface area (Å²) in [7, 11) is -0.809. The Balaban J connectivity index is 1.95. The van der Waals surface area contributed by atoms with Crippen molar-refractivity contribution in [2.75, 3.05) is 17.8 Å². The third-order valence-electron chi connectivity index (χ3n) is 5.10. The number of methoxy groups -OCH3 is 1. The standard InChI is InChI=1S/C21H20ClIN2O5S/c1-13(14-4-6-16(7-5-14)31(28,29)11-21(27)30-3)25(12-26)20-10-17-18(22)8-15(23)9-19(17)24(20)2/h4-10,12-13H,11H2,1-3H3. The molecule has 0 aliphatic heterocycles. The van der Waals surface area contributed by atoms with E-state index >= 15 is 0 Å². The van der Waals surface area contributed by atoms with Crippen LogP contribution in [-0.2, 0) is 31.2 Å². The van der Waals surface area contributed by atoms with E-state index in [9.17, 15) is 18.0 Å². The van der Waals surface area contributed by atoms with Gasteiger partial charge in [-0.3, -0.25) is 14.5 Å². The van der Waals surface area contributed by atoms with E-state index in [1.807, 2.05) is 36.7 Å². The Morgan fingerprint density at radius 3 is 2.48 bits per heavy atom. The predicted molar refractivity (Wildman–Crippen MR) is 128 cm³/mol. The number of nitrogens with zero attached hydrogens (tertiary/aromatic N) is 2. The smallest absolute Gasteiger partial charge is 0.321 e. The molecule has 0 aliphatic rings. The zero-order chi connectivity index (χ0) is 22.9. The molecule has 0 fully saturated rings. The zero-order valence-electron chi connectivity index (χ0n) is 17.0. The first-order chi connectivity index (χ1) is 14.6. The molecule has 0 radical (unpaired) electrons. The largest absolute Gasteiger partial charge is 0.468 e. The van der Waals surface area contributed by atoms with Gasteiger partial charge in [-0.2, -0.15) is 0 Å². The number of rotatable bonds is 7. The van der Waals surface area contributed by atoms with Crippen molar-refractivity contribution in [1.29, 1.82) is 0 Å². The van der Waals surface area contributed by atoms with Crippen LogP contribution in [0.25, 0.3) is 10.9 Å². The van der Waals surface area contributed by atoms with Gasteiger partial charge in [-0.15, -0.1) is 0 Å². The minimum absolute atomic E-state index is 0.0115. The molecule has 1 unspecified atom stereocenters. The van der Waals surface area contributed by atoms with E-state index in [4.69, 9.17) is 11.6 Å². The number of hydrogen-bond acceptors (Lipinski definition) is 5. The van der Waals surface area contributed by atoms with Crippen molar-refractivity contribution < 1.29 is 22.7 Å². The van der Waals surface area contributed by atoms with Gasteiger partial charge in [-0.05, 0) is 65.4 Å². The maximum atomic E-state index is 12.3. The van der Waals surface area contributed by atoms with Gasteiger partial charge < -0.3 is 9.30 Å². The number of anilines is 1. The van der Waals surface area contributed by atoms with Crippen LogP contribution in [0, 0.1) is 3.57 Å². The topological polar surface area (TPSA) is 85.7 Å². The predicted octanol–water partition coefficient (Wildman–Crippen LogP) is 4.11. The molecule has 0 spiro atoms. The fourth-order valence-corrected chi connectivity index (χ4v) is 5.55. The maximum Gasteiger partial charge on any atom is 0.321 e. The first kappa shape index (κ1) is 23.6. The van der Waals surface area contributed by atoms with E-state index in [0.717, 1.165) is 33.6 Å². The van der Waals surface area contributed by atoms with Crippen molar-refractivity contribution >= 4 is 73.1 Å². The molecule has 10 heteroatoms. The monoisotopic (exact) mass is 574 g/mol. The Labute approximate surface area is 199 Å². The third kappa shape index (κ3) is 4.73. The van der Waals surface area contributed by atoms with E-state index < -0.39 is 21.6 Å². The molecule has 7 nitrogen and oxygen atoms in total. The average Bonchev–Trinajstić information content (AvgIpc) is 3.05. The molecule has 164 valence electrons. The van der Waals surface area contributed by atoms with E-state index in [0.29, 0.717) is 10.8 Å². The molecule has 1 heterocycles. The lowest BCUT2D eigenvalue weighted by molar-refractivity contribution is -0.137. The molecule has 0 saturated carbocycles. The summed E-state index contributed by atoms with van der Waals surface area (Å²) in [5, 5.41) is 1.44. The molecule has 2 aromatic carbocycles. The second-order valence-electron chi connectivity index (χ2n) is 6.97. The molecule has 1 atom stereocenters. The molecular weight excluding hydrogens is 555 g/mol. The van der Waals surface area contributed by atoms with E-state index in [2.05, 4.69) is 27.3 Å². The lowest BCUT2D eigenvalue weighted by Gasteiger charge is -2.26. The lowest BCUT2D eigenvalue weighted by atomic mass is 10.1. The van der Waals surface area contributed by atoms with Crippen molar-refractivity contribution in [3.05, 3.63) is 56.6 Å². The number of fused-ring (bicyclic) bond motifs is 1. The number of hydrogen-bond donors (Lipinski definition) is 0. The van der Waals surface area contributed by atoms with Crippen LogP contribution in [0.2, 0.25) is 5.02 Å². The van der Waals surface area contributed by atoms with Crippen molar-refractivity contribution in [2.24, 2.45) is 7.05 Å². The van der Waals surface area contributed by atoms with Gasteiger partial charge in [-0.25, -0.2) is 8.42 Å². The van der Waals surface area contributed by atoms with Crippen molar-refractivity contribution in [2.45, 2.75) is 17.9 Å². The van der Waals surface area contributed by atoms with Gasteiger partial charge in [0, 0.05) is 16.0 Å². The number of esters is 1. The second kappa shape index (κ2) is 9.17. The van der Waals surface area contributed by atoms with Crippen molar-refractivity contribution in [3.63, 3.8) is 0 Å². The number of halogens is 2. The lowest BCUT2D eigenvalue weighted by Crippen LogP contribution is -2.27. The minimum atomic E-state index is -3.80. The molecule has 3 aromatic rings. The number of sulfone groups is 1. The fraction of sp³-hybridized carbons (Fsp3) is 0.238. The number of ether oxygens (including phenoxy) is 1. The summed E-state index contributed by atoms with van der Waals surface area (Å²) in [6.45, 7) is 1.84. The maximum absolute atomic E-state index is 12.3. The van der Waals surface area contributed by atoms with Crippen LogP contribution in [0.1, 0.15) is 18.5 Å². The molecule has 1 amide bonds. The summed E-state index contributed by atoms with van der Waals surface area (Å²) in [6, 6.07) is 11.4. The van der Waals surface area contributed by atoms with Crippen LogP contribution in [0.5, 0.6) is 0 Å². The van der Waals surface area contributed by atoms with Crippen LogP contribution in [0.3, 0.4) is 0 Å². The summed E-state index contributed by atoms with van der Waals surface area (Å²) >= 11 is 8.57. The highest BCUT2D eigenvalue weighted by Crippen LogP contribution is 2.35. The van der Waals surface area contributed by atoms with Crippen LogP contribution in [0.15, 0.2) is 47.4 Å². The van der Waals surface area contributed by atoms with Crippen LogP contribution >= 0.6 is 34.2 Å². The summed E-state index contributed by atoms with van der Waals surface area (Å²) in [5.41, 5.74) is 1.63. The number of carbonyl (C=O) groups excluding carboxylic acids is 2. The Morgan fingerprint density at radius 2 is 1.90 bits per heavy atom. The summed E-state index contributed by atoms with van der Waals surface area (Å²) in [6.07, 6.45) is 0.736. The molecular formula is C21H20ClIN2O5S. The zero-order valence-corrected chi connectivity index (χ0v) is 20.7. The van der Waals surface area contributed by atoms with Crippen molar-refractivity contribution in [3.8, 4) is 0 Å². The van der Waals surface area contributed by atoms with Gasteiger partial charge in [0.25, 0.3) is 0 Å². The van der Waals surface area contributed by atoms with Gasteiger partial charge in [0.2, 0.25) is 6.41 Å². The highest BCUT2D eigenvalue weighted by molar-refractivity contribution is 14.1. The Hall–Kier alpha value is -2.11. The van der Waals surface area contributed by atoms with Crippen LogP contribution < -0.4 is 4.90 Å². The van der Waals surface area contributed by atoms with Crippen LogP contribution in [-0.4, -0.2) is 38.2 Å². The summed E-state index contributed by atoms with van der Waals surface area (Å²) in [4.78, 5) is 24.9. The average molecular weight is 575 g/mol. The number of carbonyl (C=O) groups is 2. The van der Waals surface area contributed by atoms with E-state index in [1.165, 1.54) is 12.1 Å². The Morgan fingerprint density at radius 1 is 1.26 bits per heavy atom. The second-order valence-corrected chi connectivity index (χ2v) is 10.6. The van der Waals surface area contributed by atoms with Gasteiger partial charge in [0.05, 0.1) is 28.6 Å². The Kier molecular flexibility index (Phi) is 6.97. The molecule has 0 aliphatic carbocycles. The number of amides is 1. The summed E-state index contributed by atoms with van der Waals surface area (Å²) in [5.74, 6) is -0.897. The molecule has 1 aromatic heterocycles. The molecule has 0 N–H and O–H groups in total. The van der Waals surface area contributed by atoms with Gasteiger partial charge >= 0.3 is 5.97 Å². The van der Waals surface area contributed by atoms with Crippen LogP contribution in [0.4, 0.5) is 5.82 Å². The van der Waals surface area contributed by atoms with Crippen molar-refractivity contribution in [1.82, 2.24) is 4.57 Å². The van der Waals surface area contributed by atoms with E-state index in [-0.39, 0.29) is 10.9 Å². The molecule has 31 heavy (non-hydrogen) atoms. The van der Waals surface area contributed by atoms with Gasteiger partial charge in [0.1, 0.15) is 5.82 Å². The molecule has 0 saturated heterocycles. The van der Waals surface area contributed by atoms with Gasteiger partial charge in [-0.1, -0.05) is 23.7 Å². The normalized spacial score (nSPS) is 12.5. The minimum Gasteiger partial charge on any atom is -0.468 e. The Bertz CT molecular complexity index is 1260. The highest BCUT2D eigenvalue weighted by Gasteiger charge is 2.23. The molecule has 3 rings (SSSR count). The SMILES string of the molecule is COC(=O)CS(=O)(=O)c1ccc(C(C)N(C=O)c2cc3c(Cl)cc(I)cc3n2C)cc1. The highest BCUT2D eigenvalue weighted by atomic mass is 127. The van der Waals surface area contributed by atoms with E-state index in [1.54, 1.807) is 17.0 Å². The summed E-state index contributed by atoms with van der Waals surface area (Å²) < 4.78 is 31.9. The number of benzene rings is 2. The number of aromatic nitrogens is 1. The van der Waals surface area contributed by atoms with Gasteiger partial charge in [0.15, 0.2) is 15.6 Å². The third-order valence-corrected chi connectivity index (χ3v) is 7.65. The first-order valence-corrected chi connectivity index (χ1v) is 12.3.